The lowest BCUT2D eigenvalue weighted by Crippen LogP contribution is -1.87. The van der Waals surface area contributed by atoms with E-state index < -0.39 is 0 Å². The maximum Gasteiger partial charge on any atom is 0.124 e. The highest BCUT2D eigenvalue weighted by Gasteiger charge is 2.12. The summed E-state index contributed by atoms with van der Waals surface area (Å²) in [4.78, 5) is 4.49. The van der Waals surface area contributed by atoms with E-state index in [-0.39, 0.29) is 5.75 Å². The van der Waals surface area contributed by atoms with Gasteiger partial charge in [0.15, 0.2) is 0 Å². The topological polar surface area (TPSA) is 33.1 Å². The molecule has 0 aliphatic heterocycles. The first-order valence-corrected chi connectivity index (χ1v) is 6.89. The molecule has 21 heavy (non-hydrogen) atoms. The quantitative estimate of drug-likeness (QED) is 0.541. The Labute approximate surface area is 122 Å². The van der Waals surface area contributed by atoms with Gasteiger partial charge in [0.25, 0.3) is 0 Å². The van der Waals surface area contributed by atoms with Crippen LogP contribution < -0.4 is 0 Å². The number of pyridine rings is 1. The van der Waals surface area contributed by atoms with Crippen LogP contribution in [0.4, 0.5) is 0 Å². The van der Waals surface area contributed by atoms with Crippen LogP contribution in [0.5, 0.6) is 5.75 Å². The summed E-state index contributed by atoms with van der Waals surface area (Å²) < 4.78 is 0. The van der Waals surface area contributed by atoms with Crippen molar-refractivity contribution in [1.29, 1.82) is 0 Å². The number of hydrogen-bond acceptors (Lipinski definition) is 2. The van der Waals surface area contributed by atoms with Crippen molar-refractivity contribution in [3.63, 3.8) is 0 Å². The van der Waals surface area contributed by atoms with Gasteiger partial charge in [-0.25, -0.2) is 0 Å². The SMILES string of the molecule is Oc1ccc2ccccc2c1-c1cccc2cccnc12. The highest BCUT2D eigenvalue weighted by atomic mass is 16.3. The molecule has 0 radical (unpaired) electrons. The van der Waals surface area contributed by atoms with Gasteiger partial charge in [0.2, 0.25) is 0 Å². The summed E-state index contributed by atoms with van der Waals surface area (Å²) in [6, 6.07) is 21.8. The Hall–Kier alpha value is -2.87. The number of para-hydroxylation sites is 1. The molecule has 4 rings (SSSR count). The van der Waals surface area contributed by atoms with Gasteiger partial charge >= 0.3 is 0 Å². The fraction of sp³-hybridized carbons (Fsp3) is 0. The molecule has 0 unspecified atom stereocenters. The smallest absolute Gasteiger partial charge is 0.124 e. The Kier molecular flexibility index (Phi) is 2.61. The number of hydrogen-bond donors (Lipinski definition) is 1. The third kappa shape index (κ3) is 1.84. The molecule has 0 saturated heterocycles. The van der Waals surface area contributed by atoms with E-state index in [2.05, 4.69) is 11.1 Å². The minimum Gasteiger partial charge on any atom is -0.507 e. The predicted octanol–water partition coefficient (Wildman–Crippen LogP) is 4.76. The Morgan fingerprint density at radius 1 is 0.714 bits per heavy atom. The molecule has 2 heteroatoms. The molecule has 1 aromatic heterocycles. The van der Waals surface area contributed by atoms with Gasteiger partial charge in [-0.1, -0.05) is 54.6 Å². The molecular formula is C19H13NO. The lowest BCUT2D eigenvalue weighted by Gasteiger charge is -2.11. The van der Waals surface area contributed by atoms with Crippen LogP contribution in [0.25, 0.3) is 32.8 Å². The largest absolute Gasteiger partial charge is 0.507 e. The molecule has 0 amide bonds. The summed E-state index contributed by atoms with van der Waals surface area (Å²) in [6.07, 6.45) is 1.79. The second-order valence-corrected chi connectivity index (χ2v) is 5.06. The van der Waals surface area contributed by atoms with E-state index >= 15 is 0 Å². The summed E-state index contributed by atoms with van der Waals surface area (Å²) >= 11 is 0. The minimum absolute atomic E-state index is 0.284. The Morgan fingerprint density at radius 3 is 2.48 bits per heavy atom. The molecule has 1 heterocycles. The van der Waals surface area contributed by atoms with Gasteiger partial charge in [-0.2, -0.15) is 0 Å². The van der Waals surface area contributed by atoms with Crippen molar-refractivity contribution in [1.82, 2.24) is 4.98 Å². The first-order valence-electron chi connectivity index (χ1n) is 6.89. The number of fused-ring (bicyclic) bond motifs is 2. The summed E-state index contributed by atoms with van der Waals surface area (Å²) in [7, 11) is 0. The van der Waals surface area contributed by atoms with Gasteiger partial charge in [0, 0.05) is 22.7 Å². The minimum atomic E-state index is 0.284. The third-order valence-electron chi connectivity index (χ3n) is 3.81. The number of aromatic hydroxyl groups is 1. The number of benzene rings is 3. The highest BCUT2D eigenvalue weighted by molar-refractivity contribution is 6.06. The van der Waals surface area contributed by atoms with Crippen LogP contribution >= 0.6 is 0 Å². The molecule has 0 aliphatic carbocycles. The molecule has 4 aromatic rings. The van der Waals surface area contributed by atoms with Crippen molar-refractivity contribution >= 4 is 21.7 Å². The van der Waals surface area contributed by atoms with Gasteiger partial charge in [-0.05, 0) is 22.9 Å². The van der Waals surface area contributed by atoms with E-state index in [1.807, 2.05) is 54.6 Å². The van der Waals surface area contributed by atoms with E-state index in [1.165, 1.54) is 0 Å². The average Bonchev–Trinajstić information content (AvgIpc) is 2.54. The first kappa shape index (κ1) is 11.9. The Bertz CT molecular complexity index is 954. The zero-order valence-electron chi connectivity index (χ0n) is 11.3. The first-order chi connectivity index (χ1) is 10.3. The van der Waals surface area contributed by atoms with E-state index in [0.717, 1.165) is 32.8 Å². The Balaban J connectivity index is 2.16. The van der Waals surface area contributed by atoms with E-state index in [0.29, 0.717) is 0 Å². The molecule has 0 aliphatic rings. The second kappa shape index (κ2) is 4.60. The monoisotopic (exact) mass is 271 g/mol. The number of rotatable bonds is 1. The molecule has 2 nitrogen and oxygen atoms in total. The van der Waals surface area contributed by atoms with Gasteiger partial charge in [0.1, 0.15) is 5.75 Å². The van der Waals surface area contributed by atoms with Gasteiger partial charge in [0.05, 0.1) is 5.52 Å². The summed E-state index contributed by atoms with van der Waals surface area (Å²) in [5.74, 6) is 0.284. The fourth-order valence-corrected chi connectivity index (χ4v) is 2.85. The lowest BCUT2D eigenvalue weighted by atomic mass is 9.95. The molecule has 0 saturated carbocycles. The summed E-state index contributed by atoms with van der Waals surface area (Å²) in [5.41, 5.74) is 2.71. The molecular weight excluding hydrogens is 258 g/mol. The van der Waals surface area contributed by atoms with Crippen LogP contribution in [0.15, 0.2) is 72.9 Å². The zero-order valence-corrected chi connectivity index (χ0v) is 11.3. The molecule has 0 fully saturated rings. The number of aromatic nitrogens is 1. The van der Waals surface area contributed by atoms with Crippen LogP contribution in [0.1, 0.15) is 0 Å². The standard InChI is InChI=1S/C19H13NO/c21-17-11-10-13-5-1-2-8-15(13)18(17)16-9-3-6-14-7-4-12-20-19(14)16/h1-12,21H. The molecule has 0 spiro atoms. The number of nitrogens with zero attached hydrogens (tertiary/aromatic N) is 1. The zero-order chi connectivity index (χ0) is 14.2. The van der Waals surface area contributed by atoms with E-state index in [9.17, 15) is 5.11 Å². The summed E-state index contributed by atoms with van der Waals surface area (Å²) in [5, 5.41) is 13.6. The summed E-state index contributed by atoms with van der Waals surface area (Å²) in [6.45, 7) is 0. The second-order valence-electron chi connectivity index (χ2n) is 5.06. The van der Waals surface area contributed by atoms with Crippen LogP contribution in [-0.2, 0) is 0 Å². The van der Waals surface area contributed by atoms with Crippen LogP contribution in [0.2, 0.25) is 0 Å². The molecule has 0 atom stereocenters. The predicted molar refractivity (Wildman–Crippen MR) is 86.3 cm³/mol. The molecule has 3 aromatic carbocycles. The van der Waals surface area contributed by atoms with Gasteiger partial charge in [-0.3, -0.25) is 4.98 Å². The lowest BCUT2D eigenvalue weighted by molar-refractivity contribution is 0.478. The van der Waals surface area contributed by atoms with Crippen molar-refractivity contribution < 1.29 is 5.11 Å². The normalized spacial score (nSPS) is 11.0. The van der Waals surface area contributed by atoms with E-state index in [4.69, 9.17) is 0 Å². The van der Waals surface area contributed by atoms with Crippen molar-refractivity contribution in [2.45, 2.75) is 0 Å². The third-order valence-corrected chi connectivity index (χ3v) is 3.81. The van der Waals surface area contributed by atoms with Crippen molar-refractivity contribution in [2.75, 3.05) is 0 Å². The highest BCUT2D eigenvalue weighted by Crippen LogP contribution is 2.38. The molecule has 1 N–H and O–H groups in total. The fourth-order valence-electron chi connectivity index (χ4n) is 2.85. The van der Waals surface area contributed by atoms with Gasteiger partial charge in [-0.15, -0.1) is 0 Å². The van der Waals surface area contributed by atoms with Crippen LogP contribution in [0, 0.1) is 0 Å². The number of phenolic OH excluding ortho intramolecular Hbond substituents is 1. The van der Waals surface area contributed by atoms with Crippen molar-refractivity contribution in [3.05, 3.63) is 72.9 Å². The van der Waals surface area contributed by atoms with Crippen molar-refractivity contribution in [2.24, 2.45) is 0 Å². The number of phenols is 1. The maximum atomic E-state index is 10.4. The van der Waals surface area contributed by atoms with Crippen molar-refractivity contribution in [3.8, 4) is 16.9 Å². The average molecular weight is 271 g/mol. The molecule has 0 bridgehead atoms. The molecule has 100 valence electrons. The van der Waals surface area contributed by atoms with E-state index in [1.54, 1.807) is 12.3 Å². The maximum absolute atomic E-state index is 10.4. The van der Waals surface area contributed by atoms with Gasteiger partial charge < -0.3 is 5.11 Å². The van der Waals surface area contributed by atoms with Crippen LogP contribution in [0.3, 0.4) is 0 Å². The Morgan fingerprint density at radius 2 is 1.52 bits per heavy atom. The van der Waals surface area contributed by atoms with Crippen LogP contribution in [-0.4, -0.2) is 10.1 Å².